The van der Waals surface area contributed by atoms with Crippen molar-refractivity contribution in [2.45, 2.75) is 6.92 Å². The van der Waals surface area contributed by atoms with Gasteiger partial charge in [0.25, 0.3) is 0 Å². The van der Waals surface area contributed by atoms with Crippen molar-refractivity contribution < 1.29 is 15.3 Å². The number of rotatable bonds is 3. The SMILES string of the molecule is C=CCO.CC(CO)CO. The van der Waals surface area contributed by atoms with Gasteiger partial charge in [0, 0.05) is 19.1 Å². The van der Waals surface area contributed by atoms with Crippen molar-refractivity contribution in [3.63, 3.8) is 0 Å². The summed E-state index contributed by atoms with van der Waals surface area (Å²) in [7, 11) is 0. The van der Waals surface area contributed by atoms with Gasteiger partial charge in [-0.3, -0.25) is 0 Å². The molecule has 62 valence electrons. The van der Waals surface area contributed by atoms with Gasteiger partial charge >= 0.3 is 0 Å². The molecule has 0 saturated heterocycles. The molecule has 0 aromatic carbocycles. The number of aliphatic hydroxyl groups excluding tert-OH is 3. The van der Waals surface area contributed by atoms with Crippen LogP contribution in [0.15, 0.2) is 12.7 Å². The van der Waals surface area contributed by atoms with Gasteiger partial charge in [0.2, 0.25) is 0 Å². The van der Waals surface area contributed by atoms with E-state index >= 15 is 0 Å². The first-order valence-corrected chi connectivity index (χ1v) is 3.16. The zero-order chi connectivity index (χ0) is 8.41. The molecule has 0 radical (unpaired) electrons. The first-order chi connectivity index (χ1) is 4.72. The van der Waals surface area contributed by atoms with Gasteiger partial charge in [-0.15, -0.1) is 6.58 Å². The predicted molar refractivity (Wildman–Crippen MR) is 40.6 cm³/mol. The fourth-order valence-electron chi connectivity index (χ4n) is 0.0577. The molecule has 0 saturated carbocycles. The maximum absolute atomic E-state index is 8.17. The molecule has 0 aromatic heterocycles. The molecule has 0 aliphatic heterocycles. The van der Waals surface area contributed by atoms with E-state index in [1.165, 1.54) is 6.08 Å². The molecule has 0 bridgehead atoms. The molecule has 0 unspecified atom stereocenters. The number of aliphatic hydroxyl groups is 3. The van der Waals surface area contributed by atoms with Crippen molar-refractivity contribution in [2.75, 3.05) is 19.8 Å². The largest absolute Gasteiger partial charge is 0.396 e. The van der Waals surface area contributed by atoms with Gasteiger partial charge in [-0.25, -0.2) is 0 Å². The van der Waals surface area contributed by atoms with Gasteiger partial charge in [0.05, 0.1) is 6.61 Å². The Morgan fingerprint density at radius 1 is 1.30 bits per heavy atom. The Morgan fingerprint density at radius 2 is 1.60 bits per heavy atom. The molecule has 0 fully saturated rings. The predicted octanol–water partition coefficient (Wildman–Crippen LogP) is -0.228. The average molecular weight is 148 g/mol. The van der Waals surface area contributed by atoms with E-state index in [2.05, 4.69) is 6.58 Å². The zero-order valence-electron chi connectivity index (χ0n) is 6.32. The maximum atomic E-state index is 8.17. The Hall–Kier alpha value is -0.380. The first kappa shape index (κ1) is 12.3. The van der Waals surface area contributed by atoms with Crippen molar-refractivity contribution in [2.24, 2.45) is 5.92 Å². The first-order valence-electron chi connectivity index (χ1n) is 3.16. The summed E-state index contributed by atoms with van der Waals surface area (Å²) in [6, 6.07) is 0. The summed E-state index contributed by atoms with van der Waals surface area (Å²) in [6.07, 6.45) is 1.43. The molecule has 0 aliphatic rings. The molecule has 0 rings (SSSR count). The van der Waals surface area contributed by atoms with Crippen LogP contribution in [0.3, 0.4) is 0 Å². The third-order valence-electron chi connectivity index (χ3n) is 0.752. The lowest BCUT2D eigenvalue weighted by atomic mass is 10.2. The highest BCUT2D eigenvalue weighted by molar-refractivity contribution is 4.60. The second-order valence-corrected chi connectivity index (χ2v) is 1.94. The second kappa shape index (κ2) is 11.4. The molecule has 0 atom stereocenters. The highest BCUT2D eigenvalue weighted by Crippen LogP contribution is 1.85. The van der Waals surface area contributed by atoms with Gasteiger partial charge in [0.1, 0.15) is 0 Å². The van der Waals surface area contributed by atoms with Crippen LogP contribution in [0, 0.1) is 5.92 Å². The molecule has 0 amide bonds. The summed E-state index contributed by atoms with van der Waals surface area (Å²) in [4.78, 5) is 0. The molecule has 0 spiro atoms. The monoisotopic (exact) mass is 148 g/mol. The molecule has 0 aromatic rings. The molecular formula is C7H16O3. The third kappa shape index (κ3) is 15.6. The summed E-state index contributed by atoms with van der Waals surface area (Å²) in [5.41, 5.74) is 0. The Balaban J connectivity index is 0. The maximum Gasteiger partial charge on any atom is 0.0609 e. The fourth-order valence-corrected chi connectivity index (χ4v) is 0.0577. The van der Waals surface area contributed by atoms with Crippen LogP contribution < -0.4 is 0 Å². The van der Waals surface area contributed by atoms with Crippen LogP contribution in [-0.4, -0.2) is 35.1 Å². The van der Waals surface area contributed by atoms with Gasteiger partial charge in [-0.2, -0.15) is 0 Å². The van der Waals surface area contributed by atoms with E-state index in [0.29, 0.717) is 0 Å². The van der Waals surface area contributed by atoms with Gasteiger partial charge < -0.3 is 15.3 Å². The van der Waals surface area contributed by atoms with Crippen molar-refractivity contribution in [3.05, 3.63) is 12.7 Å². The van der Waals surface area contributed by atoms with Crippen molar-refractivity contribution in [3.8, 4) is 0 Å². The normalized spacial score (nSPS) is 8.50. The third-order valence-corrected chi connectivity index (χ3v) is 0.752. The minimum absolute atomic E-state index is 0.0463. The molecule has 3 heteroatoms. The fraction of sp³-hybridized carbons (Fsp3) is 0.714. The van der Waals surface area contributed by atoms with Crippen LogP contribution in [0.1, 0.15) is 6.92 Å². The summed E-state index contributed by atoms with van der Waals surface area (Å²) in [5.74, 6) is 0.0463. The smallest absolute Gasteiger partial charge is 0.0609 e. The van der Waals surface area contributed by atoms with Crippen LogP contribution in [0.4, 0.5) is 0 Å². The molecule has 10 heavy (non-hydrogen) atoms. The van der Waals surface area contributed by atoms with E-state index in [-0.39, 0.29) is 25.7 Å². The van der Waals surface area contributed by atoms with Gasteiger partial charge in [0.15, 0.2) is 0 Å². The lowest BCUT2D eigenvalue weighted by molar-refractivity contribution is 0.162. The van der Waals surface area contributed by atoms with E-state index in [1.54, 1.807) is 6.92 Å². The molecule has 0 aliphatic carbocycles. The Bertz CT molecular complexity index is 59.9. The van der Waals surface area contributed by atoms with Gasteiger partial charge in [-0.05, 0) is 0 Å². The molecule has 0 heterocycles. The van der Waals surface area contributed by atoms with Crippen molar-refractivity contribution in [1.29, 1.82) is 0 Å². The van der Waals surface area contributed by atoms with Crippen LogP contribution >= 0.6 is 0 Å². The number of hydrogen-bond donors (Lipinski definition) is 3. The van der Waals surface area contributed by atoms with E-state index in [1.807, 2.05) is 0 Å². The minimum atomic E-state index is 0.0463. The van der Waals surface area contributed by atoms with E-state index < -0.39 is 0 Å². The Labute approximate surface area is 61.6 Å². The standard InChI is InChI=1S/C4H10O2.C3H6O/c1-4(2-5)3-6;1-2-3-4/h4-6H,2-3H2,1H3;2,4H,1,3H2. The average Bonchev–Trinajstić information content (AvgIpc) is 2.03. The van der Waals surface area contributed by atoms with Crippen LogP contribution in [0.25, 0.3) is 0 Å². The Morgan fingerprint density at radius 3 is 1.60 bits per heavy atom. The topological polar surface area (TPSA) is 60.7 Å². The van der Waals surface area contributed by atoms with Crippen LogP contribution in [0.5, 0.6) is 0 Å². The van der Waals surface area contributed by atoms with E-state index in [4.69, 9.17) is 15.3 Å². The van der Waals surface area contributed by atoms with E-state index in [9.17, 15) is 0 Å². The van der Waals surface area contributed by atoms with Crippen molar-refractivity contribution in [1.82, 2.24) is 0 Å². The van der Waals surface area contributed by atoms with E-state index in [0.717, 1.165) is 0 Å². The quantitative estimate of drug-likeness (QED) is 0.484. The highest BCUT2D eigenvalue weighted by Gasteiger charge is 1.91. The number of hydrogen-bond acceptors (Lipinski definition) is 3. The second-order valence-electron chi connectivity index (χ2n) is 1.94. The molecule has 3 N–H and O–H groups in total. The lowest BCUT2D eigenvalue weighted by Gasteiger charge is -1.97. The summed E-state index contributed by atoms with van der Waals surface area (Å²) in [5, 5.41) is 24.1. The molecule has 3 nitrogen and oxygen atoms in total. The lowest BCUT2D eigenvalue weighted by Crippen LogP contribution is -2.04. The summed E-state index contributed by atoms with van der Waals surface area (Å²) in [6.45, 7) is 5.25. The van der Waals surface area contributed by atoms with Crippen molar-refractivity contribution >= 4 is 0 Å². The van der Waals surface area contributed by atoms with Gasteiger partial charge in [-0.1, -0.05) is 13.0 Å². The minimum Gasteiger partial charge on any atom is -0.396 e. The van der Waals surface area contributed by atoms with Crippen LogP contribution in [-0.2, 0) is 0 Å². The highest BCUT2D eigenvalue weighted by atomic mass is 16.3. The van der Waals surface area contributed by atoms with Crippen LogP contribution in [0.2, 0.25) is 0 Å². The zero-order valence-corrected chi connectivity index (χ0v) is 6.32. The summed E-state index contributed by atoms with van der Waals surface area (Å²) >= 11 is 0. The molecular weight excluding hydrogens is 132 g/mol. The summed E-state index contributed by atoms with van der Waals surface area (Å²) < 4.78 is 0. The Kier molecular flexibility index (Phi) is 14.1.